The maximum absolute atomic E-state index is 13.9. The first-order chi connectivity index (χ1) is 18.6. The van der Waals surface area contributed by atoms with E-state index in [0.29, 0.717) is 34.8 Å². The molecule has 9 nitrogen and oxygen atoms in total. The first-order valence-corrected chi connectivity index (χ1v) is 13.1. The van der Waals surface area contributed by atoms with Gasteiger partial charge in [0.2, 0.25) is 6.17 Å². The van der Waals surface area contributed by atoms with Crippen molar-refractivity contribution in [2.45, 2.75) is 52.2 Å². The fourth-order valence-corrected chi connectivity index (χ4v) is 4.56. The molecule has 1 aromatic carbocycles. The summed E-state index contributed by atoms with van der Waals surface area (Å²) in [6, 6.07) is 12.1. The number of likely N-dealkylation sites (N-methyl/N-ethyl adjacent to an activating group) is 1. The van der Waals surface area contributed by atoms with Crippen LogP contribution in [0.15, 0.2) is 77.6 Å². The molecular weight excluding hydrogens is 492 g/mol. The van der Waals surface area contributed by atoms with Gasteiger partial charge in [0.15, 0.2) is 5.78 Å². The number of nitrogens with one attached hydrogen (secondary N) is 3. The zero-order chi connectivity index (χ0) is 28.2. The lowest BCUT2D eigenvalue weighted by atomic mass is 9.87. The number of hydrogen-bond donors (Lipinski definition) is 3. The van der Waals surface area contributed by atoms with Crippen molar-refractivity contribution in [1.29, 1.82) is 0 Å². The molecule has 0 bridgehead atoms. The third kappa shape index (κ3) is 6.15. The number of carbonyl (C=O) groups excluding carboxylic acids is 3. The first kappa shape index (κ1) is 27.9. The summed E-state index contributed by atoms with van der Waals surface area (Å²) in [6.45, 7) is 7.37. The normalized spacial score (nSPS) is 20.9. The monoisotopic (exact) mass is 528 g/mol. The molecule has 0 saturated heterocycles. The average molecular weight is 529 g/mol. The van der Waals surface area contributed by atoms with Crippen LogP contribution in [0.3, 0.4) is 0 Å². The lowest BCUT2D eigenvalue weighted by Gasteiger charge is -2.32. The third-order valence-electron chi connectivity index (χ3n) is 7.14. The topological polar surface area (TPSA) is 116 Å². The van der Waals surface area contributed by atoms with Gasteiger partial charge in [0, 0.05) is 34.8 Å². The van der Waals surface area contributed by atoms with Gasteiger partial charge >= 0.3 is 6.03 Å². The molecule has 0 radical (unpaired) electrons. The molecule has 1 aromatic heterocycles. The second-order valence-corrected chi connectivity index (χ2v) is 10.8. The highest BCUT2D eigenvalue weighted by atomic mass is 16.2. The predicted octanol–water partition coefficient (Wildman–Crippen LogP) is 3.72. The molecule has 1 aliphatic heterocycles. The number of hydrogen-bond acceptors (Lipinski definition) is 6. The second-order valence-electron chi connectivity index (χ2n) is 10.8. The van der Waals surface area contributed by atoms with Gasteiger partial charge in [-0.3, -0.25) is 14.6 Å². The van der Waals surface area contributed by atoms with Gasteiger partial charge in [-0.05, 0) is 37.7 Å². The van der Waals surface area contributed by atoms with Crippen molar-refractivity contribution in [1.82, 2.24) is 20.9 Å². The molecule has 2 aliphatic rings. The number of Topliss-reactive ketones (excluding diaryl/α,β-unsaturated/α-hetero) is 1. The van der Waals surface area contributed by atoms with E-state index in [9.17, 15) is 14.4 Å². The van der Waals surface area contributed by atoms with E-state index in [1.54, 1.807) is 24.4 Å². The molecule has 4 rings (SSSR count). The molecule has 9 heteroatoms. The lowest BCUT2D eigenvalue weighted by Crippen LogP contribution is -2.52. The van der Waals surface area contributed by atoms with Crippen molar-refractivity contribution in [3.05, 3.63) is 83.8 Å². The van der Waals surface area contributed by atoms with Crippen molar-refractivity contribution in [3.63, 3.8) is 0 Å². The number of carbonyl (C=O) groups is 3. The molecule has 39 heavy (non-hydrogen) atoms. The van der Waals surface area contributed by atoms with E-state index in [-0.39, 0.29) is 17.9 Å². The Kier molecular flexibility index (Phi) is 8.11. The van der Waals surface area contributed by atoms with E-state index < -0.39 is 23.5 Å². The standard InChI is InChI=1S/C30H36N6O3/c1-6-30(31-5)16-11-12-20(18-30)33-28(39)35-26-27(38)36(19-24(37)29(2,3)4)23-15-8-7-13-21(23)25(34-26)22-14-9-10-17-32-22/h7-17,26,31H,6,18-19H2,1-5H3,(H2,33,35,39). The van der Waals surface area contributed by atoms with E-state index in [1.165, 1.54) is 4.90 Å². The number of urea groups is 1. The van der Waals surface area contributed by atoms with Crippen molar-refractivity contribution >= 4 is 29.1 Å². The van der Waals surface area contributed by atoms with Crippen molar-refractivity contribution in [2.24, 2.45) is 10.4 Å². The number of amides is 3. The molecule has 0 spiro atoms. The zero-order valence-electron chi connectivity index (χ0n) is 23.1. The summed E-state index contributed by atoms with van der Waals surface area (Å²) in [4.78, 5) is 50.8. The Morgan fingerprint density at radius 1 is 1.13 bits per heavy atom. The number of anilines is 1. The molecule has 1 aliphatic carbocycles. The Hall–Kier alpha value is -4.11. The largest absolute Gasteiger partial charge is 0.321 e. The van der Waals surface area contributed by atoms with Crippen LogP contribution in [0.25, 0.3) is 0 Å². The van der Waals surface area contributed by atoms with Crippen LogP contribution in [0.1, 0.15) is 51.8 Å². The van der Waals surface area contributed by atoms with Crippen LogP contribution < -0.4 is 20.9 Å². The molecule has 0 saturated carbocycles. The van der Waals surface area contributed by atoms with E-state index in [4.69, 9.17) is 4.99 Å². The van der Waals surface area contributed by atoms with Gasteiger partial charge in [0.05, 0.1) is 23.6 Å². The van der Waals surface area contributed by atoms with Gasteiger partial charge in [-0.25, -0.2) is 9.79 Å². The average Bonchev–Trinajstić information content (AvgIpc) is 3.03. The summed E-state index contributed by atoms with van der Waals surface area (Å²) in [6.07, 6.45) is 7.62. The third-order valence-corrected chi connectivity index (χ3v) is 7.14. The molecule has 2 heterocycles. The van der Waals surface area contributed by atoms with Crippen LogP contribution in [0.4, 0.5) is 10.5 Å². The Labute approximate surface area is 229 Å². The number of aliphatic imine (C=N–C) groups is 1. The van der Waals surface area contributed by atoms with Gasteiger partial charge in [-0.1, -0.05) is 64.1 Å². The van der Waals surface area contributed by atoms with Gasteiger partial charge in [0.25, 0.3) is 5.91 Å². The smallest absolute Gasteiger partial charge is 0.312 e. The summed E-state index contributed by atoms with van der Waals surface area (Å²) in [5, 5.41) is 8.94. The molecule has 3 N–H and O–H groups in total. The number of pyridine rings is 1. The summed E-state index contributed by atoms with van der Waals surface area (Å²) < 4.78 is 0. The number of aromatic nitrogens is 1. The molecular formula is C30H36N6O3. The number of para-hydroxylation sites is 1. The number of rotatable bonds is 7. The van der Waals surface area contributed by atoms with Gasteiger partial charge in [-0.15, -0.1) is 0 Å². The van der Waals surface area contributed by atoms with E-state index in [1.807, 2.05) is 64.2 Å². The maximum Gasteiger partial charge on any atom is 0.321 e. The Bertz CT molecular complexity index is 1340. The summed E-state index contributed by atoms with van der Waals surface area (Å²) in [5.74, 6) is -0.617. The summed E-state index contributed by atoms with van der Waals surface area (Å²) in [7, 11) is 1.89. The van der Waals surface area contributed by atoms with Crippen LogP contribution in [0, 0.1) is 5.41 Å². The number of benzene rings is 1. The molecule has 2 aromatic rings. The summed E-state index contributed by atoms with van der Waals surface area (Å²) >= 11 is 0. The molecule has 2 unspecified atom stereocenters. The fraction of sp³-hybridized carbons (Fsp3) is 0.367. The number of ketones is 1. The number of benzodiazepines with no additional fused rings is 1. The van der Waals surface area contributed by atoms with Gasteiger partial charge in [0.1, 0.15) is 0 Å². The van der Waals surface area contributed by atoms with E-state index in [2.05, 4.69) is 33.9 Å². The lowest BCUT2D eigenvalue weighted by molar-refractivity contribution is -0.127. The SMILES string of the molecule is CCC1(NC)C=CC=C(NC(=O)NC2N=C(c3ccccn3)c3ccccc3N(CC(=O)C(C)(C)C)C2=O)C1. The molecule has 0 fully saturated rings. The van der Waals surface area contributed by atoms with Crippen molar-refractivity contribution in [3.8, 4) is 0 Å². The Morgan fingerprint density at radius 3 is 2.54 bits per heavy atom. The predicted molar refractivity (Wildman–Crippen MR) is 153 cm³/mol. The van der Waals surface area contributed by atoms with E-state index >= 15 is 0 Å². The number of fused-ring (bicyclic) bond motifs is 1. The van der Waals surface area contributed by atoms with Crippen molar-refractivity contribution < 1.29 is 14.4 Å². The Balaban J connectivity index is 1.69. The molecule has 2 atom stereocenters. The molecule has 204 valence electrons. The maximum atomic E-state index is 13.9. The van der Waals surface area contributed by atoms with Gasteiger partial charge in [-0.2, -0.15) is 0 Å². The van der Waals surface area contributed by atoms with Crippen LogP contribution in [-0.2, 0) is 9.59 Å². The van der Waals surface area contributed by atoms with Crippen LogP contribution in [0.5, 0.6) is 0 Å². The highest BCUT2D eigenvalue weighted by molar-refractivity contribution is 6.20. The minimum atomic E-state index is -1.28. The Morgan fingerprint density at radius 2 is 1.87 bits per heavy atom. The number of allylic oxidation sites excluding steroid dienone is 2. The second kappa shape index (κ2) is 11.3. The number of nitrogens with zero attached hydrogens (tertiary/aromatic N) is 3. The quantitative estimate of drug-likeness (QED) is 0.507. The van der Waals surface area contributed by atoms with Crippen LogP contribution in [-0.4, -0.2) is 53.7 Å². The summed E-state index contributed by atoms with van der Waals surface area (Å²) in [5.41, 5.74) is 1.99. The highest BCUT2D eigenvalue weighted by Gasteiger charge is 2.36. The van der Waals surface area contributed by atoms with Crippen LogP contribution in [0.2, 0.25) is 0 Å². The minimum absolute atomic E-state index is 0.114. The highest BCUT2D eigenvalue weighted by Crippen LogP contribution is 2.29. The van der Waals surface area contributed by atoms with E-state index in [0.717, 1.165) is 6.42 Å². The minimum Gasteiger partial charge on any atom is -0.312 e. The zero-order valence-corrected chi connectivity index (χ0v) is 23.1. The molecule has 3 amide bonds. The van der Waals surface area contributed by atoms with Crippen molar-refractivity contribution in [2.75, 3.05) is 18.5 Å². The van der Waals surface area contributed by atoms with Gasteiger partial charge < -0.3 is 20.9 Å². The fourth-order valence-electron chi connectivity index (χ4n) is 4.56. The van der Waals surface area contributed by atoms with Crippen LogP contribution >= 0.6 is 0 Å². The first-order valence-electron chi connectivity index (χ1n) is 13.1.